The molecule has 2 aromatic heterocycles. The molecule has 109 heavy (non-hydrogen) atoms. The number of hydrogen-bond acceptors (Lipinski definition) is 6. The van der Waals surface area contributed by atoms with Crippen LogP contribution in [0.25, 0.3) is 88.7 Å². The molecule has 0 saturated heterocycles. The standard InChI is InChI=1S/C51H33NO2.C27H15BrO2.C24H19N/c1-3-13-34(14-4-1)36-23-27-38(28-24-36)52(39-29-25-37(26-30-39)35-15-5-2-6-16-35)40-31-32-47-43(33-40)49-50(54-47)51(46-21-11-12-22-48(46)53-49)44-19-9-7-17-41(44)42-18-8-10-20-45(42)51;28-16-13-14-23-19(15-16)25-26(30-23)27(22-11-5-6-12-24(22)29-25)20-9-3-1-7-17(20)18-8-2-4-10-21(18)27;1-3-7-19(8-4-1)21-11-15-23(16-12-21)25-24-17-13-22(14-18-24)20-9-5-2-6-10-20/h1-33H;1-15H;1-18,25H. The first-order valence-corrected chi connectivity index (χ1v) is 37.7. The Balaban J connectivity index is 0.000000119. The monoisotopic (exact) mass is 1460 g/mol. The van der Waals surface area contributed by atoms with Crippen molar-refractivity contribution in [1.82, 2.24) is 0 Å². The summed E-state index contributed by atoms with van der Waals surface area (Å²) in [7, 11) is 0. The molecule has 16 aromatic carbocycles. The van der Waals surface area contributed by atoms with Crippen molar-refractivity contribution < 1.29 is 18.3 Å². The fraction of sp³-hybridized carbons (Fsp3) is 0.0196. The lowest BCUT2D eigenvalue weighted by atomic mass is 9.69. The smallest absolute Gasteiger partial charge is 0.178 e. The Bertz CT molecular complexity index is 6180. The molecule has 4 aliphatic rings. The second-order valence-electron chi connectivity index (χ2n) is 27.9. The van der Waals surface area contributed by atoms with Gasteiger partial charge in [0.1, 0.15) is 33.5 Å². The van der Waals surface area contributed by atoms with Gasteiger partial charge in [-0.3, -0.25) is 0 Å². The molecule has 2 aliphatic heterocycles. The van der Waals surface area contributed by atoms with E-state index in [0.717, 1.165) is 100 Å². The number of ether oxygens (including phenoxy) is 2. The van der Waals surface area contributed by atoms with Crippen LogP contribution in [0.4, 0.5) is 28.4 Å². The minimum atomic E-state index is -0.656. The van der Waals surface area contributed by atoms with Gasteiger partial charge in [-0.2, -0.15) is 0 Å². The van der Waals surface area contributed by atoms with Crippen LogP contribution in [0.2, 0.25) is 0 Å². The molecule has 18 aromatic rings. The summed E-state index contributed by atoms with van der Waals surface area (Å²) in [4.78, 5) is 2.31. The SMILES string of the molecule is Brc1ccc2oc3c(c2c1)Oc1ccccc1C31c2ccccc2-c2ccccc21.c1ccc(-c2ccc(N(c3ccc(-c4ccccc4)cc3)c3ccc4oc5c(c4c3)Oc3ccccc3C53c4ccccc4-c4ccccc43)cc2)cc1.c1ccc(-c2ccc(Nc3ccc(-c4ccccc4)cc3)cc2)cc1. The second kappa shape index (κ2) is 27.0. The van der Waals surface area contributed by atoms with Crippen LogP contribution in [0, 0.1) is 0 Å². The topological polar surface area (TPSA) is 60.0 Å². The summed E-state index contributed by atoms with van der Waals surface area (Å²) in [6.07, 6.45) is 0. The van der Waals surface area contributed by atoms with Crippen molar-refractivity contribution in [1.29, 1.82) is 0 Å². The van der Waals surface area contributed by atoms with E-state index in [1.807, 2.05) is 30.3 Å². The van der Waals surface area contributed by atoms with Gasteiger partial charge >= 0.3 is 0 Å². The molecular weight excluding hydrogens is 1400 g/mol. The van der Waals surface area contributed by atoms with Crippen LogP contribution < -0.4 is 19.7 Å². The van der Waals surface area contributed by atoms with Gasteiger partial charge in [0.2, 0.25) is 0 Å². The van der Waals surface area contributed by atoms with E-state index in [4.69, 9.17) is 18.3 Å². The Hall–Kier alpha value is -13.7. The van der Waals surface area contributed by atoms with E-state index in [1.54, 1.807) is 0 Å². The molecule has 0 radical (unpaired) electrons. The van der Waals surface area contributed by atoms with E-state index in [0.29, 0.717) is 0 Å². The summed E-state index contributed by atoms with van der Waals surface area (Å²) in [5.41, 5.74) is 27.4. The van der Waals surface area contributed by atoms with Crippen LogP contribution in [0.3, 0.4) is 0 Å². The van der Waals surface area contributed by atoms with Crippen molar-refractivity contribution in [3.05, 3.63) is 450 Å². The van der Waals surface area contributed by atoms with Crippen LogP contribution in [0.1, 0.15) is 44.9 Å². The van der Waals surface area contributed by atoms with Gasteiger partial charge in [0.15, 0.2) is 23.0 Å². The minimum absolute atomic E-state index is 0.539. The molecule has 0 fully saturated rings. The first kappa shape index (κ1) is 64.8. The van der Waals surface area contributed by atoms with Crippen molar-refractivity contribution in [2.24, 2.45) is 0 Å². The maximum atomic E-state index is 7.03. The van der Waals surface area contributed by atoms with Crippen LogP contribution in [-0.2, 0) is 10.8 Å². The van der Waals surface area contributed by atoms with Crippen molar-refractivity contribution in [3.63, 3.8) is 0 Å². The second-order valence-corrected chi connectivity index (χ2v) is 28.8. The summed E-state index contributed by atoms with van der Waals surface area (Å²) in [5.74, 6) is 4.95. The summed E-state index contributed by atoms with van der Waals surface area (Å²) in [5, 5.41) is 5.38. The zero-order chi connectivity index (χ0) is 72.4. The van der Waals surface area contributed by atoms with Gasteiger partial charge in [0.25, 0.3) is 0 Å². The number of anilines is 5. The van der Waals surface area contributed by atoms with Gasteiger partial charge in [-0.25, -0.2) is 0 Å². The molecule has 1 N–H and O–H groups in total. The number of nitrogens with one attached hydrogen (secondary N) is 1. The number of nitrogens with zero attached hydrogens (tertiary/aromatic N) is 1. The molecule has 22 rings (SSSR count). The zero-order valence-electron chi connectivity index (χ0n) is 59.1. The van der Waals surface area contributed by atoms with E-state index in [1.165, 1.54) is 89.0 Å². The number of benzene rings is 16. The molecule has 7 heteroatoms. The number of fused-ring (bicyclic) bond motifs is 22. The highest BCUT2D eigenvalue weighted by molar-refractivity contribution is 9.10. The van der Waals surface area contributed by atoms with E-state index in [-0.39, 0.29) is 0 Å². The third-order valence-electron chi connectivity index (χ3n) is 21.8. The number of halogens is 1. The minimum Gasteiger partial charge on any atom is -0.455 e. The lowest BCUT2D eigenvalue weighted by Crippen LogP contribution is -2.31. The van der Waals surface area contributed by atoms with E-state index in [2.05, 4.69) is 396 Å². The molecule has 4 heterocycles. The molecule has 2 spiro atoms. The third-order valence-corrected chi connectivity index (χ3v) is 22.3. The average molecular weight is 1460 g/mol. The molecule has 516 valence electrons. The Morgan fingerprint density at radius 3 is 0.899 bits per heavy atom. The van der Waals surface area contributed by atoms with Gasteiger partial charge in [-0.1, -0.05) is 319 Å². The number of hydrogen-bond donors (Lipinski definition) is 1. The predicted molar refractivity (Wildman–Crippen MR) is 447 cm³/mol. The summed E-state index contributed by atoms with van der Waals surface area (Å²) < 4.78 is 28.0. The first-order chi connectivity index (χ1) is 53.9. The fourth-order valence-electron chi connectivity index (χ4n) is 16.9. The van der Waals surface area contributed by atoms with Gasteiger partial charge < -0.3 is 28.5 Å². The van der Waals surface area contributed by atoms with Crippen LogP contribution in [-0.4, -0.2) is 0 Å². The van der Waals surface area contributed by atoms with Crippen LogP contribution in [0.5, 0.6) is 23.0 Å². The molecular formula is C102H67BrN2O4. The Morgan fingerprint density at radius 2 is 0.532 bits per heavy atom. The third kappa shape index (κ3) is 11.0. The van der Waals surface area contributed by atoms with Crippen LogP contribution >= 0.6 is 15.9 Å². The van der Waals surface area contributed by atoms with Gasteiger partial charge in [-0.05, 0) is 186 Å². The Labute approximate surface area is 640 Å². The molecule has 6 nitrogen and oxygen atoms in total. The number of para-hydroxylation sites is 2. The highest BCUT2D eigenvalue weighted by Gasteiger charge is 2.56. The average Bonchev–Trinajstić information content (AvgIpc) is 1.53. The first-order valence-electron chi connectivity index (χ1n) is 36.9. The quantitative estimate of drug-likeness (QED) is 0.155. The van der Waals surface area contributed by atoms with Gasteiger partial charge in [0, 0.05) is 44.0 Å². The van der Waals surface area contributed by atoms with Crippen molar-refractivity contribution in [2.45, 2.75) is 10.8 Å². The lowest BCUT2D eigenvalue weighted by Gasteiger charge is -2.36. The zero-order valence-corrected chi connectivity index (χ0v) is 60.6. The van der Waals surface area contributed by atoms with Gasteiger partial charge in [0.05, 0.1) is 10.8 Å². The van der Waals surface area contributed by atoms with Gasteiger partial charge in [-0.15, -0.1) is 0 Å². The maximum absolute atomic E-state index is 7.03. The molecule has 0 saturated carbocycles. The summed E-state index contributed by atoms with van der Waals surface area (Å²) in [6, 6.07) is 141. The van der Waals surface area contributed by atoms with E-state index < -0.39 is 10.8 Å². The molecule has 0 atom stereocenters. The summed E-state index contributed by atoms with van der Waals surface area (Å²) >= 11 is 3.61. The Kier molecular flexibility index (Phi) is 16.1. The number of rotatable bonds is 9. The molecule has 0 unspecified atom stereocenters. The van der Waals surface area contributed by atoms with Crippen molar-refractivity contribution in [3.8, 4) is 89.8 Å². The van der Waals surface area contributed by atoms with Crippen LogP contribution in [0.15, 0.2) is 414 Å². The van der Waals surface area contributed by atoms with Crippen molar-refractivity contribution in [2.75, 3.05) is 10.2 Å². The highest BCUT2D eigenvalue weighted by atomic mass is 79.9. The lowest BCUT2D eigenvalue weighted by molar-refractivity contribution is 0.389. The fourth-order valence-corrected chi connectivity index (χ4v) is 17.3. The molecule has 0 amide bonds. The van der Waals surface area contributed by atoms with E-state index >= 15 is 0 Å². The molecule has 0 bridgehead atoms. The van der Waals surface area contributed by atoms with Crippen molar-refractivity contribution >= 4 is 66.3 Å². The number of furan rings is 2. The normalized spacial score (nSPS) is 12.9. The molecule has 2 aliphatic carbocycles. The predicted octanol–water partition coefficient (Wildman–Crippen LogP) is 28.1. The highest BCUT2D eigenvalue weighted by Crippen LogP contribution is 2.66. The maximum Gasteiger partial charge on any atom is 0.178 e. The van der Waals surface area contributed by atoms with E-state index in [9.17, 15) is 0 Å². The summed E-state index contributed by atoms with van der Waals surface area (Å²) in [6.45, 7) is 0. The Morgan fingerprint density at radius 1 is 0.248 bits per heavy atom. The largest absolute Gasteiger partial charge is 0.455 e.